The molecule has 5 nitrogen and oxygen atoms in total. The minimum atomic E-state index is -0.146. The number of rotatable bonds is 6. The fourth-order valence-electron chi connectivity index (χ4n) is 2.10. The van der Waals surface area contributed by atoms with Gasteiger partial charge in [-0.3, -0.25) is 4.79 Å². The summed E-state index contributed by atoms with van der Waals surface area (Å²) in [6.45, 7) is 1.95. The summed E-state index contributed by atoms with van der Waals surface area (Å²) in [6.07, 6.45) is 4.02. The first-order valence-electron chi connectivity index (χ1n) is 6.68. The fraction of sp³-hybridized carbons (Fsp3) is 0.312. The van der Waals surface area contributed by atoms with Crippen molar-refractivity contribution in [2.75, 3.05) is 14.2 Å². The Morgan fingerprint density at radius 3 is 2.62 bits per heavy atom. The largest absolute Gasteiger partial charge is 0.493 e. The van der Waals surface area contributed by atoms with E-state index in [0.29, 0.717) is 17.1 Å². The Balaban J connectivity index is 2.02. The highest BCUT2D eigenvalue weighted by Crippen LogP contribution is 2.27. The number of hydrogen-bond acceptors (Lipinski definition) is 4. The van der Waals surface area contributed by atoms with Crippen molar-refractivity contribution in [1.82, 2.24) is 5.32 Å². The summed E-state index contributed by atoms with van der Waals surface area (Å²) in [7, 11) is 3.10. The van der Waals surface area contributed by atoms with Crippen molar-refractivity contribution in [1.29, 1.82) is 0 Å². The van der Waals surface area contributed by atoms with Gasteiger partial charge in [-0.2, -0.15) is 0 Å². The van der Waals surface area contributed by atoms with E-state index in [-0.39, 0.29) is 11.9 Å². The van der Waals surface area contributed by atoms with Gasteiger partial charge in [0.1, 0.15) is 0 Å². The Hall–Kier alpha value is -2.43. The van der Waals surface area contributed by atoms with Crippen molar-refractivity contribution in [2.24, 2.45) is 0 Å². The lowest BCUT2D eigenvalue weighted by atomic mass is 10.1. The lowest BCUT2D eigenvalue weighted by Crippen LogP contribution is -2.34. The summed E-state index contributed by atoms with van der Waals surface area (Å²) in [5.41, 5.74) is 1.59. The summed E-state index contributed by atoms with van der Waals surface area (Å²) >= 11 is 0. The van der Waals surface area contributed by atoms with Crippen LogP contribution >= 0.6 is 0 Å². The van der Waals surface area contributed by atoms with Crippen LogP contribution in [0.3, 0.4) is 0 Å². The lowest BCUT2D eigenvalue weighted by Gasteiger charge is -2.14. The van der Waals surface area contributed by atoms with Crippen LogP contribution in [0.4, 0.5) is 0 Å². The number of amides is 1. The highest BCUT2D eigenvalue weighted by Gasteiger charge is 2.13. The third kappa shape index (κ3) is 3.78. The molecular weight excluding hydrogens is 270 g/mol. The molecular formula is C16H19NO4. The number of benzene rings is 1. The highest BCUT2D eigenvalue weighted by molar-refractivity contribution is 5.95. The minimum Gasteiger partial charge on any atom is -0.493 e. The zero-order valence-corrected chi connectivity index (χ0v) is 12.4. The molecule has 0 aliphatic carbocycles. The molecule has 1 unspecified atom stereocenters. The number of ether oxygens (including phenoxy) is 2. The van der Waals surface area contributed by atoms with E-state index in [2.05, 4.69) is 5.32 Å². The van der Waals surface area contributed by atoms with Crippen LogP contribution in [-0.4, -0.2) is 26.2 Å². The van der Waals surface area contributed by atoms with Gasteiger partial charge in [0.05, 0.1) is 26.7 Å². The maximum atomic E-state index is 12.2. The van der Waals surface area contributed by atoms with Crippen LogP contribution in [0.25, 0.3) is 0 Å². The van der Waals surface area contributed by atoms with E-state index in [9.17, 15) is 4.79 Å². The second kappa shape index (κ2) is 6.83. The van der Waals surface area contributed by atoms with Crippen molar-refractivity contribution in [3.05, 3.63) is 47.9 Å². The summed E-state index contributed by atoms with van der Waals surface area (Å²) < 4.78 is 15.4. The van der Waals surface area contributed by atoms with E-state index in [1.165, 1.54) is 0 Å². The van der Waals surface area contributed by atoms with Gasteiger partial charge in [0.15, 0.2) is 11.5 Å². The van der Waals surface area contributed by atoms with Crippen LogP contribution in [0.2, 0.25) is 0 Å². The number of furan rings is 1. The van der Waals surface area contributed by atoms with Crippen LogP contribution < -0.4 is 14.8 Å². The number of hydrogen-bond donors (Lipinski definition) is 1. The molecule has 0 bridgehead atoms. The third-order valence-corrected chi connectivity index (χ3v) is 3.15. The quantitative estimate of drug-likeness (QED) is 0.888. The third-order valence-electron chi connectivity index (χ3n) is 3.15. The standard InChI is InChI=1S/C16H19NO4/c1-11(8-12-6-7-21-10-12)17-16(18)13-4-5-14(19-2)15(9-13)20-3/h4-7,9-11H,8H2,1-3H3,(H,17,18). The summed E-state index contributed by atoms with van der Waals surface area (Å²) in [5.74, 6) is 0.986. The van der Waals surface area contributed by atoms with Crippen molar-refractivity contribution >= 4 is 5.91 Å². The molecule has 1 heterocycles. The summed E-state index contributed by atoms with van der Waals surface area (Å²) in [5, 5.41) is 2.95. The number of methoxy groups -OCH3 is 2. The number of carbonyl (C=O) groups is 1. The molecule has 5 heteroatoms. The SMILES string of the molecule is COc1ccc(C(=O)NC(C)Cc2ccoc2)cc1OC. The molecule has 0 saturated carbocycles. The molecule has 1 atom stereocenters. The summed E-state index contributed by atoms with van der Waals surface area (Å²) in [6, 6.07) is 6.98. The smallest absolute Gasteiger partial charge is 0.251 e. The van der Waals surface area contributed by atoms with E-state index in [1.54, 1.807) is 44.9 Å². The Kier molecular flexibility index (Phi) is 4.87. The molecule has 0 aliphatic heterocycles. The van der Waals surface area contributed by atoms with Crippen LogP contribution in [0.1, 0.15) is 22.8 Å². The monoisotopic (exact) mass is 289 g/mol. The van der Waals surface area contributed by atoms with E-state index in [0.717, 1.165) is 12.0 Å². The molecule has 0 saturated heterocycles. The number of nitrogens with one attached hydrogen (secondary N) is 1. The van der Waals surface area contributed by atoms with Gasteiger partial charge in [0.2, 0.25) is 0 Å². The van der Waals surface area contributed by atoms with Crippen LogP contribution in [0.5, 0.6) is 11.5 Å². The van der Waals surface area contributed by atoms with Gasteiger partial charge >= 0.3 is 0 Å². The first-order chi connectivity index (χ1) is 10.1. The topological polar surface area (TPSA) is 60.7 Å². The van der Waals surface area contributed by atoms with Gasteiger partial charge in [-0.25, -0.2) is 0 Å². The Bertz CT molecular complexity index is 592. The van der Waals surface area contributed by atoms with Gasteiger partial charge in [0, 0.05) is 11.6 Å². The molecule has 0 fully saturated rings. The van der Waals surface area contributed by atoms with E-state index in [4.69, 9.17) is 13.9 Å². The maximum Gasteiger partial charge on any atom is 0.251 e. The van der Waals surface area contributed by atoms with Gasteiger partial charge in [0.25, 0.3) is 5.91 Å². The molecule has 1 aromatic carbocycles. The zero-order chi connectivity index (χ0) is 15.2. The Morgan fingerprint density at radius 2 is 2.00 bits per heavy atom. The average molecular weight is 289 g/mol. The van der Waals surface area contributed by atoms with Crippen LogP contribution in [0, 0.1) is 0 Å². The second-order valence-electron chi connectivity index (χ2n) is 4.78. The maximum absolute atomic E-state index is 12.2. The van der Waals surface area contributed by atoms with Gasteiger partial charge in [-0.1, -0.05) is 0 Å². The molecule has 0 radical (unpaired) electrons. The normalized spacial score (nSPS) is 11.8. The molecule has 112 valence electrons. The lowest BCUT2D eigenvalue weighted by molar-refractivity contribution is 0.0939. The van der Waals surface area contributed by atoms with Crippen molar-refractivity contribution in [2.45, 2.75) is 19.4 Å². The Labute approximate surface area is 123 Å². The predicted octanol–water partition coefficient (Wildman–Crippen LogP) is 2.66. The van der Waals surface area contributed by atoms with Crippen LogP contribution in [0.15, 0.2) is 41.2 Å². The fourth-order valence-corrected chi connectivity index (χ4v) is 2.10. The van der Waals surface area contributed by atoms with Gasteiger partial charge in [-0.05, 0) is 43.2 Å². The van der Waals surface area contributed by atoms with E-state index >= 15 is 0 Å². The molecule has 21 heavy (non-hydrogen) atoms. The van der Waals surface area contributed by atoms with E-state index in [1.807, 2.05) is 13.0 Å². The van der Waals surface area contributed by atoms with Crippen molar-refractivity contribution in [3.8, 4) is 11.5 Å². The predicted molar refractivity (Wildman–Crippen MR) is 78.9 cm³/mol. The summed E-state index contributed by atoms with van der Waals surface area (Å²) in [4.78, 5) is 12.2. The first-order valence-corrected chi connectivity index (χ1v) is 6.68. The second-order valence-corrected chi connectivity index (χ2v) is 4.78. The highest BCUT2D eigenvalue weighted by atomic mass is 16.5. The van der Waals surface area contributed by atoms with Gasteiger partial charge in [-0.15, -0.1) is 0 Å². The zero-order valence-electron chi connectivity index (χ0n) is 12.4. The van der Waals surface area contributed by atoms with Crippen molar-refractivity contribution < 1.29 is 18.7 Å². The van der Waals surface area contributed by atoms with Gasteiger partial charge < -0.3 is 19.2 Å². The average Bonchev–Trinajstić information content (AvgIpc) is 2.99. The van der Waals surface area contributed by atoms with Crippen LogP contribution in [-0.2, 0) is 6.42 Å². The number of carbonyl (C=O) groups excluding carboxylic acids is 1. The van der Waals surface area contributed by atoms with E-state index < -0.39 is 0 Å². The Morgan fingerprint density at radius 1 is 1.24 bits per heavy atom. The van der Waals surface area contributed by atoms with Crippen molar-refractivity contribution in [3.63, 3.8) is 0 Å². The molecule has 2 rings (SSSR count). The molecule has 0 aliphatic rings. The molecule has 1 amide bonds. The molecule has 2 aromatic rings. The molecule has 0 spiro atoms. The minimum absolute atomic E-state index is 0.00296. The molecule has 1 aromatic heterocycles. The molecule has 1 N–H and O–H groups in total. The first kappa shape index (κ1) is 15.0.